The third-order valence-electron chi connectivity index (χ3n) is 3.27. The molecule has 0 amide bonds. The highest BCUT2D eigenvalue weighted by Gasteiger charge is 2.34. The number of sulfonamides is 1. The molecule has 6 heteroatoms. The fraction of sp³-hybridized carbons (Fsp3) is 0.500. The van der Waals surface area contributed by atoms with Crippen LogP contribution in [0.25, 0.3) is 0 Å². The fourth-order valence-electron chi connectivity index (χ4n) is 2.52. The number of nitrogen functional groups attached to an aromatic ring is 1. The second kappa shape index (κ2) is 4.78. The standard InChI is InChI=1S/C12H18N2O3S/c1-17-12-9(5-3-6-10(12)13)11-7-4-8-14(11)18(2,15)16/h3,5-6,11H,4,7-8,13H2,1-2H3. The molecule has 1 fully saturated rings. The Morgan fingerprint density at radius 2 is 2.17 bits per heavy atom. The molecular weight excluding hydrogens is 252 g/mol. The molecule has 0 aromatic heterocycles. The lowest BCUT2D eigenvalue weighted by Gasteiger charge is -2.24. The summed E-state index contributed by atoms with van der Waals surface area (Å²) in [4.78, 5) is 0. The molecule has 2 rings (SSSR count). The zero-order valence-electron chi connectivity index (χ0n) is 10.6. The van der Waals surface area contributed by atoms with Gasteiger partial charge in [-0.05, 0) is 18.9 Å². The van der Waals surface area contributed by atoms with Gasteiger partial charge in [0.15, 0.2) is 0 Å². The first-order valence-electron chi connectivity index (χ1n) is 5.84. The molecule has 1 aromatic carbocycles. The van der Waals surface area contributed by atoms with Gasteiger partial charge in [0.1, 0.15) is 5.75 Å². The molecule has 18 heavy (non-hydrogen) atoms. The Hall–Kier alpha value is -1.27. The van der Waals surface area contributed by atoms with Gasteiger partial charge in [-0.3, -0.25) is 0 Å². The second-order valence-corrected chi connectivity index (χ2v) is 6.44. The maximum atomic E-state index is 11.8. The zero-order valence-corrected chi connectivity index (χ0v) is 11.4. The van der Waals surface area contributed by atoms with E-state index in [0.717, 1.165) is 18.4 Å². The Kier molecular flexibility index (Phi) is 3.49. The molecule has 0 aliphatic carbocycles. The van der Waals surface area contributed by atoms with E-state index in [-0.39, 0.29) is 6.04 Å². The van der Waals surface area contributed by atoms with Crippen LogP contribution in [0, 0.1) is 0 Å². The van der Waals surface area contributed by atoms with Gasteiger partial charge in [-0.25, -0.2) is 8.42 Å². The van der Waals surface area contributed by atoms with Crippen LogP contribution in [0.1, 0.15) is 24.4 Å². The van der Waals surface area contributed by atoms with Crippen LogP contribution in [0.4, 0.5) is 5.69 Å². The smallest absolute Gasteiger partial charge is 0.211 e. The summed E-state index contributed by atoms with van der Waals surface area (Å²) in [5.74, 6) is 0.582. The SMILES string of the molecule is COc1c(N)cccc1C1CCCN1S(C)(=O)=O. The lowest BCUT2D eigenvalue weighted by Crippen LogP contribution is -2.29. The average Bonchev–Trinajstić information content (AvgIpc) is 2.77. The molecule has 1 saturated heterocycles. The maximum absolute atomic E-state index is 11.8. The van der Waals surface area contributed by atoms with Gasteiger partial charge in [-0.15, -0.1) is 0 Å². The molecule has 2 N–H and O–H groups in total. The Morgan fingerprint density at radius 3 is 2.78 bits per heavy atom. The lowest BCUT2D eigenvalue weighted by molar-refractivity contribution is 0.370. The van der Waals surface area contributed by atoms with Crippen molar-refractivity contribution in [3.8, 4) is 5.75 Å². The molecule has 1 aromatic rings. The highest BCUT2D eigenvalue weighted by molar-refractivity contribution is 7.88. The summed E-state index contributed by atoms with van der Waals surface area (Å²) in [6.07, 6.45) is 2.90. The van der Waals surface area contributed by atoms with Gasteiger partial charge in [-0.2, -0.15) is 4.31 Å². The van der Waals surface area contributed by atoms with Crippen molar-refractivity contribution in [1.29, 1.82) is 0 Å². The third kappa shape index (κ3) is 2.30. The lowest BCUT2D eigenvalue weighted by atomic mass is 10.0. The van der Waals surface area contributed by atoms with Gasteiger partial charge in [0.05, 0.1) is 25.1 Å². The number of hydrogen-bond donors (Lipinski definition) is 1. The van der Waals surface area contributed by atoms with E-state index in [4.69, 9.17) is 10.5 Å². The van der Waals surface area contributed by atoms with E-state index < -0.39 is 10.0 Å². The first-order chi connectivity index (χ1) is 8.45. The number of para-hydroxylation sites is 1. The van der Waals surface area contributed by atoms with E-state index in [0.29, 0.717) is 18.0 Å². The van der Waals surface area contributed by atoms with Crippen LogP contribution in [0.3, 0.4) is 0 Å². The largest absolute Gasteiger partial charge is 0.494 e. The van der Waals surface area contributed by atoms with Gasteiger partial charge >= 0.3 is 0 Å². The van der Waals surface area contributed by atoms with E-state index in [9.17, 15) is 8.42 Å². The minimum Gasteiger partial charge on any atom is -0.494 e. The van der Waals surface area contributed by atoms with Crippen LogP contribution in [-0.2, 0) is 10.0 Å². The normalized spacial score (nSPS) is 21.1. The predicted molar refractivity (Wildman–Crippen MR) is 70.9 cm³/mol. The molecule has 1 atom stereocenters. The van der Waals surface area contributed by atoms with Crippen LogP contribution in [0.2, 0.25) is 0 Å². The Labute approximate surface area is 108 Å². The summed E-state index contributed by atoms with van der Waals surface area (Å²) in [7, 11) is -1.65. The molecular formula is C12H18N2O3S. The van der Waals surface area contributed by atoms with Gasteiger partial charge in [-0.1, -0.05) is 12.1 Å². The summed E-state index contributed by atoms with van der Waals surface area (Å²) in [5.41, 5.74) is 7.25. The van der Waals surface area contributed by atoms with Crippen LogP contribution in [0.15, 0.2) is 18.2 Å². The number of rotatable bonds is 3. The van der Waals surface area contributed by atoms with E-state index >= 15 is 0 Å². The van der Waals surface area contributed by atoms with Crippen molar-refractivity contribution in [2.75, 3.05) is 25.6 Å². The highest BCUT2D eigenvalue weighted by atomic mass is 32.2. The number of hydrogen-bond acceptors (Lipinski definition) is 4. The zero-order chi connectivity index (χ0) is 13.3. The van der Waals surface area contributed by atoms with Crippen LogP contribution in [-0.4, -0.2) is 32.6 Å². The summed E-state index contributed by atoms with van der Waals surface area (Å²) >= 11 is 0. The van der Waals surface area contributed by atoms with Gasteiger partial charge in [0, 0.05) is 12.1 Å². The van der Waals surface area contributed by atoms with Crippen molar-refractivity contribution in [2.24, 2.45) is 0 Å². The molecule has 1 unspecified atom stereocenters. The van der Waals surface area contributed by atoms with Crippen molar-refractivity contribution < 1.29 is 13.2 Å². The van der Waals surface area contributed by atoms with Crippen molar-refractivity contribution in [3.63, 3.8) is 0 Å². The topological polar surface area (TPSA) is 72.6 Å². The maximum Gasteiger partial charge on any atom is 0.211 e. The van der Waals surface area contributed by atoms with E-state index in [1.165, 1.54) is 10.6 Å². The van der Waals surface area contributed by atoms with Crippen molar-refractivity contribution in [3.05, 3.63) is 23.8 Å². The Bertz CT molecular complexity index is 542. The summed E-state index contributed by atoms with van der Waals surface area (Å²) in [6, 6.07) is 5.29. The Morgan fingerprint density at radius 1 is 1.44 bits per heavy atom. The number of anilines is 1. The fourth-order valence-corrected chi connectivity index (χ4v) is 3.66. The second-order valence-electron chi connectivity index (χ2n) is 4.50. The molecule has 0 saturated carbocycles. The molecule has 100 valence electrons. The Balaban J connectivity index is 2.46. The number of nitrogens with two attached hydrogens (primary N) is 1. The highest BCUT2D eigenvalue weighted by Crippen LogP contribution is 2.40. The molecule has 1 heterocycles. The average molecular weight is 270 g/mol. The first kappa shape index (κ1) is 13.2. The number of ether oxygens (including phenoxy) is 1. The van der Waals surface area contributed by atoms with Gasteiger partial charge in [0.2, 0.25) is 10.0 Å². The van der Waals surface area contributed by atoms with Crippen molar-refractivity contribution >= 4 is 15.7 Å². The van der Waals surface area contributed by atoms with E-state index in [1.54, 1.807) is 13.2 Å². The van der Waals surface area contributed by atoms with Crippen molar-refractivity contribution in [2.45, 2.75) is 18.9 Å². The number of nitrogens with zero attached hydrogens (tertiary/aromatic N) is 1. The molecule has 1 aliphatic heterocycles. The minimum atomic E-state index is -3.20. The summed E-state index contributed by atoms with van der Waals surface area (Å²) < 4.78 is 30.3. The molecule has 0 bridgehead atoms. The van der Waals surface area contributed by atoms with Crippen LogP contribution in [0.5, 0.6) is 5.75 Å². The predicted octanol–water partition coefficient (Wildman–Crippen LogP) is 1.37. The molecule has 0 spiro atoms. The summed E-state index contributed by atoms with van der Waals surface area (Å²) in [6.45, 7) is 0.557. The van der Waals surface area contributed by atoms with E-state index in [2.05, 4.69) is 0 Å². The minimum absolute atomic E-state index is 0.168. The number of benzene rings is 1. The third-order valence-corrected chi connectivity index (χ3v) is 4.56. The van der Waals surface area contributed by atoms with Gasteiger partial charge in [0.25, 0.3) is 0 Å². The number of methoxy groups -OCH3 is 1. The van der Waals surface area contributed by atoms with Crippen LogP contribution < -0.4 is 10.5 Å². The van der Waals surface area contributed by atoms with Gasteiger partial charge < -0.3 is 10.5 Å². The first-order valence-corrected chi connectivity index (χ1v) is 7.69. The van der Waals surface area contributed by atoms with Crippen molar-refractivity contribution in [1.82, 2.24) is 4.31 Å². The molecule has 0 radical (unpaired) electrons. The molecule has 1 aliphatic rings. The van der Waals surface area contributed by atoms with E-state index in [1.807, 2.05) is 12.1 Å². The molecule has 5 nitrogen and oxygen atoms in total. The van der Waals surface area contributed by atoms with Crippen LogP contribution >= 0.6 is 0 Å². The quantitative estimate of drug-likeness (QED) is 0.842. The monoisotopic (exact) mass is 270 g/mol. The summed E-state index contributed by atoms with van der Waals surface area (Å²) in [5, 5.41) is 0.